The third-order valence-electron chi connectivity index (χ3n) is 3.25. The van der Waals surface area contributed by atoms with Gasteiger partial charge in [-0.05, 0) is 25.0 Å². The van der Waals surface area contributed by atoms with Gasteiger partial charge in [-0.1, -0.05) is 18.2 Å². The first-order chi connectivity index (χ1) is 8.41. The van der Waals surface area contributed by atoms with Crippen molar-refractivity contribution in [3.05, 3.63) is 35.4 Å². The number of rotatable bonds is 3. The minimum Gasteiger partial charge on any atom is -0.379 e. The van der Waals surface area contributed by atoms with E-state index in [-0.39, 0.29) is 17.6 Å². The number of hydrogen-bond acceptors (Lipinski definition) is 2. The second kappa shape index (κ2) is 4.90. The van der Waals surface area contributed by atoms with Gasteiger partial charge in [-0.2, -0.15) is 13.2 Å². The summed E-state index contributed by atoms with van der Waals surface area (Å²) in [4.78, 5) is 0. The van der Waals surface area contributed by atoms with Crippen LogP contribution in [0, 0.1) is 0 Å². The third kappa shape index (κ3) is 3.03. The van der Waals surface area contributed by atoms with Gasteiger partial charge in [-0.3, -0.25) is 0 Å². The molecule has 1 aromatic carbocycles. The van der Waals surface area contributed by atoms with Gasteiger partial charge in [0.25, 0.3) is 0 Å². The Morgan fingerprint density at radius 1 is 1.33 bits per heavy atom. The van der Waals surface area contributed by atoms with Crippen LogP contribution < -0.4 is 5.32 Å². The summed E-state index contributed by atoms with van der Waals surface area (Å²) in [7, 11) is 0. The second-order valence-electron chi connectivity index (χ2n) is 4.87. The summed E-state index contributed by atoms with van der Waals surface area (Å²) in [6, 6.07) is 5.66. The van der Waals surface area contributed by atoms with Gasteiger partial charge in [0.05, 0.1) is 12.2 Å². The maximum Gasteiger partial charge on any atom is 0.416 e. The first-order valence-electron chi connectivity index (χ1n) is 5.89. The minimum atomic E-state index is -4.30. The van der Waals surface area contributed by atoms with Gasteiger partial charge in [-0.15, -0.1) is 0 Å². The Balaban J connectivity index is 2.10. The average molecular weight is 259 g/mol. The zero-order valence-corrected chi connectivity index (χ0v) is 10.2. The molecule has 0 aromatic heterocycles. The van der Waals surface area contributed by atoms with Crippen molar-refractivity contribution in [3.63, 3.8) is 0 Å². The predicted octanol–water partition coefficient (Wildman–Crippen LogP) is 2.97. The molecule has 5 heteroatoms. The summed E-state index contributed by atoms with van der Waals surface area (Å²) in [6.07, 6.45) is -3.48. The van der Waals surface area contributed by atoms with Crippen LogP contribution in [0.25, 0.3) is 0 Å². The van der Waals surface area contributed by atoms with Crippen LogP contribution in [0.3, 0.4) is 0 Å². The molecule has 1 fully saturated rings. The Bertz CT molecular complexity index is 411. The molecular formula is C13H16F3NO. The highest BCUT2D eigenvalue weighted by atomic mass is 19.4. The molecule has 0 radical (unpaired) electrons. The van der Waals surface area contributed by atoms with E-state index in [1.165, 1.54) is 12.1 Å². The van der Waals surface area contributed by atoms with Gasteiger partial charge in [0, 0.05) is 18.7 Å². The second-order valence-corrected chi connectivity index (χ2v) is 4.87. The molecule has 18 heavy (non-hydrogen) atoms. The zero-order valence-electron chi connectivity index (χ0n) is 10.2. The number of halogens is 3. The van der Waals surface area contributed by atoms with Gasteiger partial charge < -0.3 is 10.1 Å². The summed E-state index contributed by atoms with van der Waals surface area (Å²) in [6.45, 7) is 3.37. The highest BCUT2D eigenvalue weighted by Gasteiger charge is 2.34. The molecule has 0 aliphatic carbocycles. The molecule has 0 saturated carbocycles. The molecule has 1 saturated heterocycles. The molecular weight excluding hydrogens is 243 g/mol. The Morgan fingerprint density at radius 3 is 2.67 bits per heavy atom. The maximum atomic E-state index is 12.8. The van der Waals surface area contributed by atoms with Crippen LogP contribution in [0.4, 0.5) is 13.2 Å². The highest BCUT2D eigenvalue weighted by molar-refractivity contribution is 5.29. The Hall–Kier alpha value is -1.07. The van der Waals surface area contributed by atoms with Crippen molar-refractivity contribution < 1.29 is 17.9 Å². The Kier molecular flexibility index (Phi) is 3.64. The smallest absolute Gasteiger partial charge is 0.379 e. The van der Waals surface area contributed by atoms with Crippen LogP contribution in [0.1, 0.15) is 24.5 Å². The van der Waals surface area contributed by atoms with E-state index < -0.39 is 11.7 Å². The third-order valence-corrected chi connectivity index (χ3v) is 3.25. The molecule has 0 unspecified atom stereocenters. The van der Waals surface area contributed by atoms with Crippen LogP contribution in [0.2, 0.25) is 0 Å². The van der Waals surface area contributed by atoms with Crippen molar-refractivity contribution in [2.24, 2.45) is 0 Å². The fourth-order valence-corrected chi connectivity index (χ4v) is 2.07. The maximum absolute atomic E-state index is 12.8. The highest BCUT2D eigenvalue weighted by Crippen LogP contribution is 2.32. The standard InChI is InChI=1S/C13H16F3NO/c1-12(6-7-18-9-12)17-8-10-4-2-3-5-11(10)13(14,15)16/h2-5,17H,6-9H2,1H3/t12-/m1/s1. The van der Waals surface area contributed by atoms with Gasteiger partial charge in [0.15, 0.2) is 0 Å². The van der Waals surface area contributed by atoms with Gasteiger partial charge in [0.1, 0.15) is 0 Å². The Labute approximate surface area is 104 Å². The molecule has 1 aromatic rings. The largest absolute Gasteiger partial charge is 0.416 e. The van der Waals surface area contributed by atoms with Crippen LogP contribution in [-0.4, -0.2) is 18.8 Å². The van der Waals surface area contributed by atoms with E-state index in [4.69, 9.17) is 4.74 Å². The summed E-state index contributed by atoms with van der Waals surface area (Å²) in [5, 5.41) is 3.16. The zero-order chi connectivity index (χ0) is 13.2. The molecule has 0 amide bonds. The van der Waals surface area contributed by atoms with Crippen molar-refractivity contribution in [2.45, 2.75) is 31.6 Å². The van der Waals surface area contributed by atoms with Crippen molar-refractivity contribution in [3.8, 4) is 0 Å². The molecule has 1 aliphatic rings. The van der Waals surface area contributed by atoms with E-state index in [2.05, 4.69) is 5.32 Å². The fourth-order valence-electron chi connectivity index (χ4n) is 2.07. The summed E-state index contributed by atoms with van der Waals surface area (Å²) >= 11 is 0. The van der Waals surface area contributed by atoms with Crippen LogP contribution in [0.15, 0.2) is 24.3 Å². The van der Waals surface area contributed by atoms with Crippen LogP contribution in [-0.2, 0) is 17.5 Å². The van der Waals surface area contributed by atoms with E-state index in [1.54, 1.807) is 6.07 Å². The lowest BCUT2D eigenvalue weighted by Gasteiger charge is -2.24. The van der Waals surface area contributed by atoms with Crippen LogP contribution >= 0.6 is 0 Å². The molecule has 100 valence electrons. The summed E-state index contributed by atoms with van der Waals surface area (Å²) in [5.41, 5.74) is -0.517. The molecule has 0 bridgehead atoms. The van der Waals surface area contributed by atoms with Gasteiger partial charge >= 0.3 is 6.18 Å². The molecule has 1 aliphatic heterocycles. The molecule has 1 atom stereocenters. The van der Waals surface area contributed by atoms with Crippen molar-refractivity contribution >= 4 is 0 Å². The molecule has 1 heterocycles. The van der Waals surface area contributed by atoms with Crippen molar-refractivity contribution in [2.75, 3.05) is 13.2 Å². The number of alkyl halides is 3. The van der Waals surface area contributed by atoms with E-state index in [1.807, 2.05) is 6.92 Å². The fraction of sp³-hybridized carbons (Fsp3) is 0.538. The molecule has 2 rings (SSSR count). The van der Waals surface area contributed by atoms with E-state index >= 15 is 0 Å². The monoisotopic (exact) mass is 259 g/mol. The Morgan fingerprint density at radius 2 is 2.06 bits per heavy atom. The summed E-state index contributed by atoms with van der Waals surface area (Å²) < 4.78 is 43.6. The lowest BCUT2D eigenvalue weighted by molar-refractivity contribution is -0.138. The molecule has 0 spiro atoms. The number of ether oxygens (including phenoxy) is 1. The van der Waals surface area contributed by atoms with E-state index in [0.29, 0.717) is 13.2 Å². The summed E-state index contributed by atoms with van der Waals surface area (Å²) in [5.74, 6) is 0. The van der Waals surface area contributed by atoms with E-state index in [0.717, 1.165) is 12.5 Å². The number of hydrogen-bond donors (Lipinski definition) is 1. The topological polar surface area (TPSA) is 21.3 Å². The normalized spacial score (nSPS) is 24.4. The predicted molar refractivity (Wildman–Crippen MR) is 62.1 cm³/mol. The minimum absolute atomic E-state index is 0.204. The van der Waals surface area contributed by atoms with E-state index in [9.17, 15) is 13.2 Å². The van der Waals surface area contributed by atoms with Crippen molar-refractivity contribution in [1.82, 2.24) is 5.32 Å². The van der Waals surface area contributed by atoms with Gasteiger partial charge in [0.2, 0.25) is 0 Å². The lowest BCUT2D eigenvalue weighted by Crippen LogP contribution is -2.42. The van der Waals surface area contributed by atoms with Crippen LogP contribution in [0.5, 0.6) is 0 Å². The lowest BCUT2D eigenvalue weighted by atomic mass is 10.00. The quantitative estimate of drug-likeness (QED) is 0.901. The SMILES string of the molecule is C[C@@]1(NCc2ccccc2C(F)(F)F)CCOC1. The van der Waals surface area contributed by atoms with Crippen molar-refractivity contribution in [1.29, 1.82) is 0 Å². The molecule has 2 nitrogen and oxygen atoms in total. The molecule has 1 N–H and O–H groups in total. The number of benzene rings is 1. The van der Waals surface area contributed by atoms with Gasteiger partial charge in [-0.25, -0.2) is 0 Å². The first-order valence-corrected chi connectivity index (χ1v) is 5.89. The number of nitrogens with one attached hydrogen (secondary N) is 1. The first kappa shape index (κ1) is 13.4. The average Bonchev–Trinajstić information content (AvgIpc) is 2.73.